The standard InChI is InChI=1S/C14H17ClN2O3/c15-10-5-9-11(16-14(20)13(9)19)6-12(10)17-4-2-1-3-8(17)7-18/h5-6,8,13,18-19H,1-4,7H2,(H,16,20). The van der Waals surface area contributed by atoms with Gasteiger partial charge in [0.2, 0.25) is 0 Å². The van der Waals surface area contributed by atoms with Gasteiger partial charge in [-0.1, -0.05) is 11.6 Å². The van der Waals surface area contributed by atoms with Crippen LogP contribution in [0.1, 0.15) is 30.9 Å². The molecule has 6 heteroatoms. The number of nitrogens with one attached hydrogen (secondary N) is 1. The summed E-state index contributed by atoms with van der Waals surface area (Å²) in [5.74, 6) is -0.425. The molecule has 2 atom stereocenters. The molecule has 1 aromatic rings. The molecule has 0 saturated carbocycles. The number of halogens is 1. The van der Waals surface area contributed by atoms with E-state index in [2.05, 4.69) is 10.2 Å². The van der Waals surface area contributed by atoms with Gasteiger partial charge < -0.3 is 20.4 Å². The normalized spacial score (nSPS) is 25.6. The van der Waals surface area contributed by atoms with Crippen LogP contribution in [0.25, 0.3) is 0 Å². The minimum Gasteiger partial charge on any atom is -0.394 e. The first kappa shape index (κ1) is 13.7. The van der Waals surface area contributed by atoms with Gasteiger partial charge in [-0.25, -0.2) is 0 Å². The summed E-state index contributed by atoms with van der Waals surface area (Å²) >= 11 is 6.30. The summed E-state index contributed by atoms with van der Waals surface area (Å²) in [5, 5.41) is 22.4. The summed E-state index contributed by atoms with van der Waals surface area (Å²) in [6.45, 7) is 0.919. The number of piperidine rings is 1. The second-order valence-corrected chi connectivity index (χ2v) is 5.72. The molecule has 2 aliphatic heterocycles. The third-order valence-corrected chi connectivity index (χ3v) is 4.37. The van der Waals surface area contributed by atoms with Gasteiger partial charge in [-0.3, -0.25) is 4.79 Å². The molecule has 2 unspecified atom stereocenters. The number of hydrogen-bond donors (Lipinski definition) is 3. The number of rotatable bonds is 2. The zero-order valence-corrected chi connectivity index (χ0v) is 11.7. The first-order valence-electron chi connectivity index (χ1n) is 6.81. The number of carbonyl (C=O) groups is 1. The number of fused-ring (bicyclic) bond motifs is 1. The quantitative estimate of drug-likeness (QED) is 0.776. The average molecular weight is 297 g/mol. The Morgan fingerprint density at radius 2 is 2.20 bits per heavy atom. The predicted octanol–water partition coefficient (Wildman–Crippen LogP) is 1.68. The summed E-state index contributed by atoms with van der Waals surface area (Å²) in [6.07, 6.45) is 1.93. The molecule has 5 nitrogen and oxygen atoms in total. The lowest BCUT2D eigenvalue weighted by atomic mass is 10.0. The molecular formula is C14H17ClN2O3. The van der Waals surface area contributed by atoms with Crippen molar-refractivity contribution in [3.8, 4) is 0 Å². The molecule has 20 heavy (non-hydrogen) atoms. The third-order valence-electron chi connectivity index (χ3n) is 4.07. The van der Waals surface area contributed by atoms with E-state index in [9.17, 15) is 15.0 Å². The maximum atomic E-state index is 11.5. The number of amides is 1. The van der Waals surface area contributed by atoms with Crippen LogP contribution in [-0.4, -0.2) is 35.3 Å². The monoisotopic (exact) mass is 296 g/mol. The molecule has 3 rings (SSSR count). The van der Waals surface area contributed by atoms with E-state index in [-0.39, 0.29) is 12.6 Å². The van der Waals surface area contributed by atoms with Crippen LogP contribution in [0.5, 0.6) is 0 Å². The lowest BCUT2D eigenvalue weighted by Crippen LogP contribution is -2.42. The highest BCUT2D eigenvalue weighted by molar-refractivity contribution is 6.33. The number of hydrogen-bond acceptors (Lipinski definition) is 4. The fraction of sp³-hybridized carbons (Fsp3) is 0.500. The van der Waals surface area contributed by atoms with Crippen molar-refractivity contribution >= 4 is 28.9 Å². The first-order chi connectivity index (χ1) is 9.61. The zero-order valence-electron chi connectivity index (χ0n) is 11.0. The maximum absolute atomic E-state index is 11.5. The SMILES string of the molecule is O=C1Nc2cc(N3CCCCC3CO)c(Cl)cc2C1O. The van der Waals surface area contributed by atoms with Crippen molar-refractivity contribution < 1.29 is 15.0 Å². The van der Waals surface area contributed by atoms with Crippen molar-refractivity contribution in [1.29, 1.82) is 0 Å². The number of anilines is 2. The number of aliphatic hydroxyl groups is 2. The van der Waals surface area contributed by atoms with Crippen LogP contribution in [0.2, 0.25) is 5.02 Å². The van der Waals surface area contributed by atoms with Crippen molar-refractivity contribution in [2.45, 2.75) is 31.4 Å². The smallest absolute Gasteiger partial charge is 0.257 e. The fourth-order valence-corrected chi connectivity index (χ4v) is 3.26. The molecule has 0 radical (unpaired) electrons. The van der Waals surface area contributed by atoms with Crippen molar-refractivity contribution in [3.05, 3.63) is 22.7 Å². The van der Waals surface area contributed by atoms with Gasteiger partial charge in [0.1, 0.15) is 0 Å². The molecule has 0 aromatic heterocycles. The summed E-state index contributed by atoms with van der Waals surface area (Å²) in [7, 11) is 0. The molecule has 3 N–H and O–H groups in total. The molecule has 2 aliphatic rings. The lowest BCUT2D eigenvalue weighted by molar-refractivity contribution is -0.123. The molecule has 0 aliphatic carbocycles. The van der Waals surface area contributed by atoms with E-state index >= 15 is 0 Å². The fourth-order valence-electron chi connectivity index (χ4n) is 2.98. The second-order valence-electron chi connectivity index (χ2n) is 5.31. The van der Waals surface area contributed by atoms with Crippen LogP contribution in [0.3, 0.4) is 0 Å². The topological polar surface area (TPSA) is 72.8 Å². The van der Waals surface area contributed by atoms with Gasteiger partial charge in [0, 0.05) is 17.8 Å². The van der Waals surface area contributed by atoms with Gasteiger partial charge in [-0.05, 0) is 31.4 Å². The predicted molar refractivity (Wildman–Crippen MR) is 77.1 cm³/mol. The average Bonchev–Trinajstić information content (AvgIpc) is 2.73. The van der Waals surface area contributed by atoms with E-state index < -0.39 is 12.0 Å². The Bertz CT molecular complexity index is 549. The molecule has 2 heterocycles. The van der Waals surface area contributed by atoms with Crippen molar-refractivity contribution in [3.63, 3.8) is 0 Å². The molecular weight excluding hydrogens is 280 g/mol. The minimum atomic E-state index is -1.15. The highest BCUT2D eigenvalue weighted by atomic mass is 35.5. The van der Waals surface area contributed by atoms with Crippen LogP contribution >= 0.6 is 11.6 Å². The van der Waals surface area contributed by atoms with Gasteiger partial charge in [0.15, 0.2) is 6.10 Å². The number of benzene rings is 1. The minimum absolute atomic E-state index is 0.0568. The van der Waals surface area contributed by atoms with E-state index in [1.54, 1.807) is 12.1 Å². The van der Waals surface area contributed by atoms with Crippen molar-refractivity contribution in [2.75, 3.05) is 23.4 Å². The van der Waals surface area contributed by atoms with Crippen LogP contribution in [-0.2, 0) is 4.79 Å². The Labute approximate surface area is 122 Å². The lowest BCUT2D eigenvalue weighted by Gasteiger charge is -2.37. The Morgan fingerprint density at radius 1 is 1.40 bits per heavy atom. The van der Waals surface area contributed by atoms with E-state index in [0.29, 0.717) is 16.3 Å². The molecule has 1 amide bonds. The number of carbonyl (C=O) groups excluding carboxylic acids is 1. The highest BCUT2D eigenvalue weighted by Crippen LogP contribution is 2.40. The Kier molecular flexibility index (Phi) is 3.58. The number of aliphatic hydroxyl groups excluding tert-OH is 2. The van der Waals surface area contributed by atoms with Gasteiger partial charge in [0.25, 0.3) is 5.91 Å². The highest BCUT2D eigenvalue weighted by Gasteiger charge is 2.31. The summed E-state index contributed by atoms with van der Waals surface area (Å²) < 4.78 is 0. The molecule has 0 bridgehead atoms. The van der Waals surface area contributed by atoms with Crippen LogP contribution in [0.4, 0.5) is 11.4 Å². The maximum Gasteiger partial charge on any atom is 0.257 e. The Morgan fingerprint density at radius 3 is 2.95 bits per heavy atom. The summed E-state index contributed by atoms with van der Waals surface area (Å²) in [4.78, 5) is 13.6. The number of nitrogens with zero attached hydrogens (tertiary/aromatic N) is 1. The van der Waals surface area contributed by atoms with E-state index in [1.807, 2.05) is 0 Å². The van der Waals surface area contributed by atoms with Gasteiger partial charge in [-0.2, -0.15) is 0 Å². The molecule has 1 fully saturated rings. The zero-order chi connectivity index (χ0) is 14.3. The van der Waals surface area contributed by atoms with E-state index in [1.165, 1.54) is 0 Å². The summed E-state index contributed by atoms with van der Waals surface area (Å²) in [5.41, 5.74) is 1.92. The summed E-state index contributed by atoms with van der Waals surface area (Å²) in [6, 6.07) is 3.48. The van der Waals surface area contributed by atoms with Gasteiger partial charge in [-0.15, -0.1) is 0 Å². The second kappa shape index (κ2) is 5.24. The molecule has 108 valence electrons. The third kappa shape index (κ3) is 2.16. The Hall–Kier alpha value is -1.30. The molecule has 0 spiro atoms. The van der Waals surface area contributed by atoms with Crippen molar-refractivity contribution in [1.82, 2.24) is 0 Å². The van der Waals surface area contributed by atoms with Crippen LogP contribution in [0, 0.1) is 0 Å². The van der Waals surface area contributed by atoms with E-state index in [4.69, 9.17) is 11.6 Å². The van der Waals surface area contributed by atoms with Gasteiger partial charge >= 0.3 is 0 Å². The van der Waals surface area contributed by atoms with Gasteiger partial charge in [0.05, 0.1) is 23.4 Å². The largest absolute Gasteiger partial charge is 0.394 e. The van der Waals surface area contributed by atoms with Crippen LogP contribution < -0.4 is 10.2 Å². The van der Waals surface area contributed by atoms with Crippen molar-refractivity contribution in [2.24, 2.45) is 0 Å². The van der Waals surface area contributed by atoms with E-state index in [0.717, 1.165) is 31.5 Å². The van der Waals surface area contributed by atoms with Crippen LogP contribution in [0.15, 0.2) is 12.1 Å². The molecule has 1 aromatic carbocycles. The molecule has 1 saturated heterocycles. The first-order valence-corrected chi connectivity index (χ1v) is 7.19. The Balaban J connectivity index is 1.99.